The van der Waals surface area contributed by atoms with E-state index in [2.05, 4.69) is 5.32 Å². The van der Waals surface area contributed by atoms with E-state index < -0.39 is 0 Å². The van der Waals surface area contributed by atoms with Crippen molar-refractivity contribution < 1.29 is 9.53 Å². The van der Waals surface area contributed by atoms with Gasteiger partial charge in [0.15, 0.2) is 0 Å². The molecule has 23 heavy (non-hydrogen) atoms. The molecule has 0 heterocycles. The second-order valence-electron chi connectivity index (χ2n) is 5.35. The van der Waals surface area contributed by atoms with Crippen LogP contribution in [0.4, 0.5) is 11.4 Å². The predicted molar refractivity (Wildman–Crippen MR) is 95.6 cm³/mol. The van der Waals surface area contributed by atoms with Crippen molar-refractivity contribution in [2.75, 3.05) is 17.7 Å². The molecule has 0 aliphatic heterocycles. The topological polar surface area (TPSA) is 64.3 Å². The molecule has 0 saturated carbocycles. The number of hydrogen-bond acceptors (Lipinski definition) is 3. The van der Waals surface area contributed by atoms with Gasteiger partial charge in [-0.2, -0.15) is 0 Å². The Balaban J connectivity index is 2.03. The van der Waals surface area contributed by atoms with Crippen LogP contribution >= 0.6 is 0 Å². The molecule has 0 spiro atoms. The minimum atomic E-state index is -0.180. The number of nitrogens with two attached hydrogens (primary N) is 1. The molecule has 1 amide bonds. The van der Waals surface area contributed by atoms with E-state index in [9.17, 15) is 4.79 Å². The summed E-state index contributed by atoms with van der Waals surface area (Å²) in [5.41, 5.74) is 10.4. The highest BCUT2D eigenvalue weighted by Gasteiger charge is 2.02. The Morgan fingerprint density at radius 3 is 2.61 bits per heavy atom. The standard InChI is InChI=1S/C19H22N2O2/c1-4-23-18-9-6-15(12-17(18)20)7-10-19(22)21-16-8-5-13(2)14(3)11-16/h5-12H,4,20H2,1-3H3,(H,21,22)/b10-7-. The molecule has 0 aliphatic rings. The van der Waals surface area contributed by atoms with Gasteiger partial charge in [-0.15, -0.1) is 0 Å². The highest BCUT2D eigenvalue weighted by molar-refractivity contribution is 6.02. The lowest BCUT2D eigenvalue weighted by atomic mass is 10.1. The van der Waals surface area contributed by atoms with Crippen LogP contribution in [0.3, 0.4) is 0 Å². The lowest BCUT2D eigenvalue weighted by Gasteiger charge is -2.07. The summed E-state index contributed by atoms with van der Waals surface area (Å²) in [6.45, 7) is 6.53. The first-order chi connectivity index (χ1) is 11.0. The van der Waals surface area contributed by atoms with Gasteiger partial charge in [0.2, 0.25) is 5.91 Å². The molecule has 120 valence electrons. The first kappa shape index (κ1) is 16.6. The fourth-order valence-corrected chi connectivity index (χ4v) is 2.13. The van der Waals surface area contributed by atoms with Crippen molar-refractivity contribution in [3.63, 3.8) is 0 Å². The van der Waals surface area contributed by atoms with Crippen molar-refractivity contribution in [2.24, 2.45) is 0 Å². The maximum Gasteiger partial charge on any atom is 0.248 e. The molecular formula is C19H22N2O2. The summed E-state index contributed by atoms with van der Waals surface area (Å²) in [6, 6.07) is 11.3. The van der Waals surface area contributed by atoms with Crippen LogP contribution in [-0.4, -0.2) is 12.5 Å². The maximum absolute atomic E-state index is 12.0. The third-order valence-electron chi connectivity index (χ3n) is 3.54. The van der Waals surface area contributed by atoms with Crippen molar-refractivity contribution in [3.8, 4) is 5.75 Å². The van der Waals surface area contributed by atoms with E-state index in [1.165, 1.54) is 11.6 Å². The number of amides is 1. The predicted octanol–water partition coefficient (Wildman–Crippen LogP) is 3.94. The van der Waals surface area contributed by atoms with E-state index in [1.807, 2.05) is 45.0 Å². The fraction of sp³-hybridized carbons (Fsp3) is 0.211. The molecule has 2 aromatic rings. The van der Waals surface area contributed by atoms with Crippen LogP contribution in [0, 0.1) is 13.8 Å². The first-order valence-corrected chi connectivity index (χ1v) is 7.58. The average molecular weight is 310 g/mol. The number of carbonyl (C=O) groups excluding carboxylic acids is 1. The summed E-state index contributed by atoms with van der Waals surface area (Å²) >= 11 is 0. The summed E-state index contributed by atoms with van der Waals surface area (Å²) in [6.07, 6.45) is 3.22. The minimum absolute atomic E-state index is 0.180. The van der Waals surface area contributed by atoms with Gasteiger partial charge in [0.05, 0.1) is 12.3 Å². The quantitative estimate of drug-likeness (QED) is 0.649. The van der Waals surface area contributed by atoms with Crippen LogP contribution in [0.25, 0.3) is 6.08 Å². The first-order valence-electron chi connectivity index (χ1n) is 7.58. The van der Waals surface area contributed by atoms with E-state index in [4.69, 9.17) is 10.5 Å². The van der Waals surface area contributed by atoms with Crippen LogP contribution in [0.15, 0.2) is 42.5 Å². The van der Waals surface area contributed by atoms with E-state index in [-0.39, 0.29) is 5.91 Å². The Labute approximate surface area is 137 Å². The molecule has 0 fully saturated rings. The monoisotopic (exact) mass is 310 g/mol. The number of hydrogen-bond donors (Lipinski definition) is 2. The number of carbonyl (C=O) groups is 1. The highest BCUT2D eigenvalue weighted by atomic mass is 16.5. The third kappa shape index (κ3) is 4.61. The second kappa shape index (κ2) is 7.49. The normalized spacial score (nSPS) is 10.7. The van der Waals surface area contributed by atoms with Gasteiger partial charge in [0.1, 0.15) is 5.75 Å². The number of ether oxygens (including phenoxy) is 1. The van der Waals surface area contributed by atoms with Crippen LogP contribution in [0.1, 0.15) is 23.6 Å². The molecule has 4 nitrogen and oxygen atoms in total. The zero-order chi connectivity index (χ0) is 16.8. The number of anilines is 2. The molecule has 4 heteroatoms. The Morgan fingerprint density at radius 2 is 1.96 bits per heavy atom. The van der Waals surface area contributed by atoms with Gasteiger partial charge in [-0.3, -0.25) is 4.79 Å². The van der Waals surface area contributed by atoms with E-state index >= 15 is 0 Å². The lowest BCUT2D eigenvalue weighted by Crippen LogP contribution is -2.07. The number of rotatable bonds is 5. The van der Waals surface area contributed by atoms with E-state index in [0.717, 1.165) is 16.8 Å². The minimum Gasteiger partial charge on any atom is -0.492 e. The molecule has 0 saturated heterocycles. The largest absolute Gasteiger partial charge is 0.492 e. The van der Waals surface area contributed by atoms with Crippen molar-refractivity contribution in [3.05, 3.63) is 59.2 Å². The fourth-order valence-electron chi connectivity index (χ4n) is 2.13. The summed E-state index contributed by atoms with van der Waals surface area (Å²) in [5, 5.41) is 2.84. The van der Waals surface area contributed by atoms with Gasteiger partial charge < -0.3 is 15.8 Å². The summed E-state index contributed by atoms with van der Waals surface area (Å²) in [5.74, 6) is 0.477. The third-order valence-corrected chi connectivity index (χ3v) is 3.54. The average Bonchev–Trinajstić information content (AvgIpc) is 2.51. The van der Waals surface area contributed by atoms with Crippen molar-refractivity contribution in [1.82, 2.24) is 0 Å². The molecule has 0 aliphatic carbocycles. The number of aryl methyl sites for hydroxylation is 2. The molecule has 0 bridgehead atoms. The zero-order valence-electron chi connectivity index (χ0n) is 13.7. The maximum atomic E-state index is 12.0. The Hall–Kier alpha value is -2.75. The van der Waals surface area contributed by atoms with E-state index in [0.29, 0.717) is 18.0 Å². The van der Waals surface area contributed by atoms with Crippen LogP contribution in [0.5, 0.6) is 5.75 Å². The summed E-state index contributed by atoms with van der Waals surface area (Å²) in [4.78, 5) is 12.0. The number of nitrogens with one attached hydrogen (secondary N) is 1. The number of nitrogen functional groups attached to an aromatic ring is 1. The smallest absolute Gasteiger partial charge is 0.248 e. The molecule has 0 radical (unpaired) electrons. The van der Waals surface area contributed by atoms with Crippen molar-refractivity contribution >= 4 is 23.4 Å². The molecular weight excluding hydrogens is 288 g/mol. The van der Waals surface area contributed by atoms with Crippen molar-refractivity contribution in [2.45, 2.75) is 20.8 Å². The van der Waals surface area contributed by atoms with E-state index in [1.54, 1.807) is 18.2 Å². The Bertz CT molecular complexity index is 736. The molecule has 0 unspecified atom stereocenters. The molecule has 0 aromatic heterocycles. The van der Waals surface area contributed by atoms with Crippen LogP contribution < -0.4 is 15.8 Å². The van der Waals surface area contributed by atoms with Gasteiger partial charge in [-0.05, 0) is 67.8 Å². The Kier molecular flexibility index (Phi) is 5.41. The molecule has 2 aromatic carbocycles. The lowest BCUT2D eigenvalue weighted by molar-refractivity contribution is -0.111. The molecule has 2 rings (SSSR count). The SMILES string of the molecule is CCOc1ccc(/C=C\C(=O)Nc2ccc(C)c(C)c2)cc1N. The van der Waals surface area contributed by atoms with Crippen LogP contribution in [-0.2, 0) is 4.79 Å². The van der Waals surface area contributed by atoms with Crippen molar-refractivity contribution in [1.29, 1.82) is 0 Å². The van der Waals surface area contributed by atoms with Crippen LogP contribution in [0.2, 0.25) is 0 Å². The summed E-state index contributed by atoms with van der Waals surface area (Å²) in [7, 11) is 0. The highest BCUT2D eigenvalue weighted by Crippen LogP contribution is 2.23. The molecule has 0 atom stereocenters. The van der Waals surface area contributed by atoms with Gasteiger partial charge >= 0.3 is 0 Å². The number of benzene rings is 2. The second-order valence-corrected chi connectivity index (χ2v) is 5.35. The van der Waals surface area contributed by atoms with Gasteiger partial charge in [-0.1, -0.05) is 12.1 Å². The zero-order valence-corrected chi connectivity index (χ0v) is 13.7. The Morgan fingerprint density at radius 1 is 1.17 bits per heavy atom. The molecule has 3 N–H and O–H groups in total. The van der Waals surface area contributed by atoms with Gasteiger partial charge in [0, 0.05) is 11.8 Å². The van der Waals surface area contributed by atoms with Gasteiger partial charge in [-0.25, -0.2) is 0 Å². The van der Waals surface area contributed by atoms with Gasteiger partial charge in [0.25, 0.3) is 0 Å². The summed E-state index contributed by atoms with van der Waals surface area (Å²) < 4.78 is 5.39.